The highest BCUT2D eigenvalue weighted by molar-refractivity contribution is 6.04. The highest BCUT2D eigenvalue weighted by Gasteiger charge is 2.52. The summed E-state index contributed by atoms with van der Waals surface area (Å²) < 4.78 is 5.43. The van der Waals surface area contributed by atoms with Crippen LogP contribution in [-0.2, 0) is 5.41 Å². The maximum absolute atomic E-state index is 13.5. The molecule has 5 rings (SSSR count). The third-order valence-electron chi connectivity index (χ3n) is 7.65. The molecule has 5 nitrogen and oxygen atoms in total. The maximum Gasteiger partial charge on any atom is 0.180 e. The fourth-order valence-electron chi connectivity index (χ4n) is 5.45. The Bertz CT molecular complexity index is 969. The number of ether oxygens (including phenoxy) is 1. The highest BCUT2D eigenvalue weighted by atomic mass is 16.5. The van der Waals surface area contributed by atoms with Crippen LogP contribution in [0.25, 0.3) is 0 Å². The zero-order valence-electron chi connectivity index (χ0n) is 18.4. The van der Waals surface area contributed by atoms with Crippen LogP contribution in [-0.4, -0.2) is 48.1 Å². The van der Waals surface area contributed by atoms with Crippen molar-refractivity contribution in [3.05, 3.63) is 53.6 Å². The van der Waals surface area contributed by atoms with E-state index in [1.54, 1.807) is 0 Å². The van der Waals surface area contributed by atoms with E-state index in [0.717, 1.165) is 48.1 Å². The number of piperidine rings is 1. The second-order valence-corrected chi connectivity index (χ2v) is 9.69. The van der Waals surface area contributed by atoms with E-state index >= 15 is 0 Å². The number of carbonyl (C=O) groups is 1. The lowest BCUT2D eigenvalue weighted by atomic mass is 9.58. The van der Waals surface area contributed by atoms with Crippen LogP contribution >= 0.6 is 0 Å². The Labute approximate surface area is 184 Å². The number of nitrogens with zero attached hydrogens (tertiary/aromatic N) is 1. The predicted octanol–water partition coefficient (Wildman–Crippen LogP) is 4.38. The summed E-state index contributed by atoms with van der Waals surface area (Å²) in [6.07, 6.45) is 3.74. The van der Waals surface area contributed by atoms with Crippen molar-refractivity contribution in [1.29, 1.82) is 0 Å². The first kappa shape index (κ1) is 20.5. The number of rotatable bonds is 7. The lowest BCUT2D eigenvalue weighted by Crippen LogP contribution is -2.61. The Morgan fingerprint density at radius 3 is 2.61 bits per heavy atom. The molecule has 31 heavy (non-hydrogen) atoms. The number of carbonyl (C=O) groups excluding carboxylic acids is 1. The fraction of sp³-hybridized carbons (Fsp3) is 0.500. The summed E-state index contributed by atoms with van der Waals surface area (Å²) in [5.41, 5.74) is 4.09. The van der Waals surface area contributed by atoms with E-state index in [1.165, 1.54) is 18.4 Å². The van der Waals surface area contributed by atoms with Crippen LogP contribution in [0.5, 0.6) is 5.75 Å². The van der Waals surface area contributed by atoms with Crippen molar-refractivity contribution in [3.8, 4) is 5.75 Å². The molecule has 1 saturated carbocycles. The van der Waals surface area contributed by atoms with Gasteiger partial charge in [-0.05, 0) is 91.1 Å². The van der Waals surface area contributed by atoms with Gasteiger partial charge in [0.05, 0.1) is 12.6 Å². The SMILES string of the molecule is C[C@H]1C2C(=O)c3ccc(Nc4ccc(OCCO)cc4)cc3[C@]1(C)CCN2CC1CC1. The second kappa shape index (κ2) is 7.95. The van der Waals surface area contributed by atoms with E-state index in [4.69, 9.17) is 9.84 Å². The van der Waals surface area contributed by atoms with Gasteiger partial charge in [-0.25, -0.2) is 0 Å². The summed E-state index contributed by atoms with van der Waals surface area (Å²) >= 11 is 0. The molecule has 164 valence electrons. The van der Waals surface area contributed by atoms with Crippen LogP contribution in [0.2, 0.25) is 0 Å². The topological polar surface area (TPSA) is 61.8 Å². The van der Waals surface area contributed by atoms with Crippen molar-refractivity contribution >= 4 is 17.2 Å². The third-order valence-corrected chi connectivity index (χ3v) is 7.65. The predicted molar refractivity (Wildman–Crippen MR) is 122 cm³/mol. The van der Waals surface area contributed by atoms with E-state index in [-0.39, 0.29) is 18.1 Å². The van der Waals surface area contributed by atoms with Gasteiger partial charge in [0, 0.05) is 23.5 Å². The van der Waals surface area contributed by atoms with Crippen molar-refractivity contribution in [3.63, 3.8) is 0 Å². The van der Waals surface area contributed by atoms with Gasteiger partial charge in [0.25, 0.3) is 0 Å². The lowest BCUT2D eigenvalue weighted by Gasteiger charge is -2.53. The van der Waals surface area contributed by atoms with Gasteiger partial charge in [-0.3, -0.25) is 9.69 Å². The minimum absolute atomic E-state index is 0.00420. The zero-order chi connectivity index (χ0) is 21.6. The average Bonchev–Trinajstić information content (AvgIpc) is 3.59. The van der Waals surface area contributed by atoms with E-state index in [2.05, 4.69) is 30.1 Å². The molecule has 0 spiro atoms. The van der Waals surface area contributed by atoms with E-state index in [9.17, 15) is 4.79 Å². The Morgan fingerprint density at radius 1 is 1.16 bits per heavy atom. The number of anilines is 2. The second-order valence-electron chi connectivity index (χ2n) is 9.69. The molecule has 2 aromatic carbocycles. The molecule has 2 aliphatic carbocycles. The van der Waals surface area contributed by atoms with Crippen LogP contribution in [0, 0.1) is 11.8 Å². The fourth-order valence-corrected chi connectivity index (χ4v) is 5.45. The number of fused-ring (bicyclic) bond motifs is 4. The highest BCUT2D eigenvalue weighted by Crippen LogP contribution is 2.50. The molecule has 2 aromatic rings. The van der Waals surface area contributed by atoms with Crippen LogP contribution < -0.4 is 10.1 Å². The smallest absolute Gasteiger partial charge is 0.180 e. The molecule has 0 amide bonds. The van der Waals surface area contributed by atoms with Gasteiger partial charge in [0.1, 0.15) is 12.4 Å². The summed E-state index contributed by atoms with van der Waals surface area (Å²) in [6.45, 7) is 7.02. The van der Waals surface area contributed by atoms with Gasteiger partial charge in [0.15, 0.2) is 5.78 Å². The number of benzene rings is 2. The Morgan fingerprint density at radius 2 is 1.90 bits per heavy atom. The van der Waals surface area contributed by atoms with E-state index in [0.29, 0.717) is 18.3 Å². The molecule has 1 heterocycles. The van der Waals surface area contributed by atoms with Crippen LogP contribution in [0.3, 0.4) is 0 Å². The lowest BCUT2D eigenvalue weighted by molar-refractivity contribution is 0.0266. The summed E-state index contributed by atoms with van der Waals surface area (Å²) in [6, 6.07) is 14.0. The van der Waals surface area contributed by atoms with Crippen LogP contribution in [0.15, 0.2) is 42.5 Å². The monoisotopic (exact) mass is 420 g/mol. The molecule has 1 unspecified atom stereocenters. The minimum atomic E-state index is 0.00420. The number of aliphatic hydroxyl groups is 1. The van der Waals surface area contributed by atoms with Crippen molar-refractivity contribution in [2.24, 2.45) is 11.8 Å². The molecular weight excluding hydrogens is 388 g/mol. The van der Waals surface area contributed by atoms with Crippen molar-refractivity contribution in [2.75, 3.05) is 31.6 Å². The van der Waals surface area contributed by atoms with E-state index < -0.39 is 0 Å². The van der Waals surface area contributed by atoms with Crippen LogP contribution in [0.4, 0.5) is 11.4 Å². The van der Waals surface area contributed by atoms with Crippen molar-refractivity contribution < 1.29 is 14.6 Å². The molecule has 3 atom stereocenters. The Kier molecular flexibility index (Phi) is 5.27. The molecule has 2 N–H and O–H groups in total. The molecule has 1 saturated heterocycles. The number of hydrogen-bond donors (Lipinski definition) is 2. The first-order valence-electron chi connectivity index (χ1n) is 11.5. The molecule has 5 heteroatoms. The van der Waals surface area contributed by atoms with Gasteiger partial charge in [-0.15, -0.1) is 0 Å². The summed E-state index contributed by atoms with van der Waals surface area (Å²) in [7, 11) is 0. The largest absolute Gasteiger partial charge is 0.491 e. The number of Topliss-reactive ketones (excluding diaryl/α,β-unsaturated/α-hetero) is 1. The quantitative estimate of drug-likeness (QED) is 0.696. The molecule has 1 aliphatic heterocycles. The molecule has 2 bridgehead atoms. The van der Waals surface area contributed by atoms with Crippen molar-refractivity contribution in [1.82, 2.24) is 4.90 Å². The minimum Gasteiger partial charge on any atom is -0.491 e. The first-order chi connectivity index (χ1) is 15.0. The number of likely N-dealkylation sites (tertiary alicyclic amines) is 1. The average molecular weight is 421 g/mol. The van der Waals surface area contributed by atoms with Gasteiger partial charge in [-0.1, -0.05) is 13.8 Å². The Hall–Kier alpha value is -2.37. The van der Waals surface area contributed by atoms with E-state index in [1.807, 2.05) is 36.4 Å². The number of hydrogen-bond acceptors (Lipinski definition) is 5. The van der Waals surface area contributed by atoms with Crippen molar-refractivity contribution in [2.45, 2.75) is 44.6 Å². The summed E-state index contributed by atoms with van der Waals surface area (Å²) in [5, 5.41) is 12.4. The molecule has 3 aliphatic rings. The molecule has 2 fully saturated rings. The maximum atomic E-state index is 13.5. The van der Waals surface area contributed by atoms with Gasteiger partial charge in [-0.2, -0.15) is 0 Å². The normalized spacial score (nSPS) is 27.6. The molecular formula is C26H32N2O3. The number of nitrogens with one attached hydrogen (secondary N) is 1. The number of aliphatic hydroxyl groups excluding tert-OH is 1. The first-order valence-corrected chi connectivity index (χ1v) is 11.5. The molecule has 0 radical (unpaired) electrons. The van der Waals surface area contributed by atoms with Gasteiger partial charge in [0.2, 0.25) is 0 Å². The summed E-state index contributed by atoms with van der Waals surface area (Å²) in [5.74, 6) is 2.16. The van der Waals surface area contributed by atoms with Gasteiger partial charge < -0.3 is 15.2 Å². The van der Waals surface area contributed by atoms with Crippen LogP contribution in [0.1, 0.15) is 49.0 Å². The Balaban J connectivity index is 1.39. The summed E-state index contributed by atoms with van der Waals surface area (Å²) in [4.78, 5) is 16.0. The van der Waals surface area contributed by atoms with Gasteiger partial charge >= 0.3 is 0 Å². The third kappa shape index (κ3) is 3.74. The molecule has 0 aromatic heterocycles. The zero-order valence-corrected chi connectivity index (χ0v) is 18.4. The standard InChI is InChI=1S/C26H32N2O3/c1-17-24-25(30)22-10-7-20(27-19-5-8-21(9-6-19)31-14-13-29)15-23(22)26(17,2)11-12-28(24)16-18-3-4-18/h5-10,15,17-18,24,27,29H,3-4,11-14,16H2,1-2H3/t17-,24?,26+/m0/s1. The number of ketones is 1.